The number of likely N-dealkylation sites (tertiary alicyclic amines) is 1. The molecule has 1 fully saturated rings. The van der Waals surface area contributed by atoms with Gasteiger partial charge in [0.25, 0.3) is 5.69 Å². The van der Waals surface area contributed by atoms with Crippen molar-refractivity contribution in [2.75, 3.05) is 13.1 Å². The van der Waals surface area contributed by atoms with E-state index in [1.54, 1.807) is 4.90 Å². The second-order valence-corrected chi connectivity index (χ2v) is 8.01. The summed E-state index contributed by atoms with van der Waals surface area (Å²) in [7, 11) is 0. The number of carbonyl (C=O) groups is 2. The summed E-state index contributed by atoms with van der Waals surface area (Å²) in [4.78, 5) is 49.0. The minimum atomic E-state index is -0.624. The molecule has 0 radical (unpaired) electrons. The summed E-state index contributed by atoms with van der Waals surface area (Å²) in [6.45, 7) is 1.34. The molecule has 2 amide bonds. The van der Waals surface area contributed by atoms with Crippen LogP contribution in [0.5, 0.6) is 0 Å². The largest absolute Gasteiger partial charge is 0.419 e. The molecule has 1 unspecified atom stereocenters. The second kappa shape index (κ2) is 9.68. The first-order valence-electron chi connectivity index (χ1n) is 10.8. The molecule has 10 nitrogen and oxygen atoms in total. The number of benzene rings is 2. The highest BCUT2D eigenvalue weighted by atomic mass is 16.6. The number of aryl methyl sites for hydroxylation is 1. The molecule has 0 spiro atoms. The predicted octanol–water partition coefficient (Wildman–Crippen LogP) is 2.76. The summed E-state index contributed by atoms with van der Waals surface area (Å²) in [5, 5.41) is 13.9. The third-order valence-corrected chi connectivity index (χ3v) is 5.76. The lowest BCUT2D eigenvalue weighted by Crippen LogP contribution is -2.38. The summed E-state index contributed by atoms with van der Waals surface area (Å²) >= 11 is 0. The maximum absolute atomic E-state index is 12.7. The first-order chi connectivity index (χ1) is 15.9. The fourth-order valence-electron chi connectivity index (χ4n) is 4.08. The molecule has 0 bridgehead atoms. The molecule has 1 aliphatic heterocycles. The van der Waals surface area contributed by atoms with Gasteiger partial charge in [-0.3, -0.25) is 24.3 Å². The Labute approximate surface area is 188 Å². The predicted molar refractivity (Wildman–Crippen MR) is 120 cm³/mol. The lowest BCUT2D eigenvalue weighted by molar-refractivity contribution is -0.384. The van der Waals surface area contributed by atoms with Gasteiger partial charge in [-0.1, -0.05) is 30.3 Å². The Morgan fingerprint density at radius 1 is 1.18 bits per heavy atom. The van der Waals surface area contributed by atoms with Gasteiger partial charge in [0.2, 0.25) is 11.8 Å². The molecule has 1 saturated heterocycles. The summed E-state index contributed by atoms with van der Waals surface area (Å²) in [6, 6.07) is 13.2. The molecular formula is C23H24N4O6. The first-order valence-corrected chi connectivity index (χ1v) is 10.8. The third kappa shape index (κ3) is 5.11. The lowest BCUT2D eigenvalue weighted by Gasteiger charge is -2.25. The molecule has 2 heterocycles. The smallest absolute Gasteiger partial charge is 0.407 e. The SMILES string of the molecule is O=C(CCCn1c(=O)oc2cc([N+](=O)[O-])ccc21)NC(CN1CCCC1=O)c1ccccc1. The fourth-order valence-corrected chi connectivity index (χ4v) is 4.08. The van der Waals surface area contributed by atoms with Gasteiger partial charge in [-0.2, -0.15) is 0 Å². The number of oxazole rings is 1. The lowest BCUT2D eigenvalue weighted by atomic mass is 10.1. The number of hydrogen-bond donors (Lipinski definition) is 1. The van der Waals surface area contributed by atoms with Gasteiger partial charge in [-0.05, 0) is 24.5 Å². The van der Waals surface area contributed by atoms with Crippen LogP contribution < -0.4 is 11.1 Å². The summed E-state index contributed by atoms with van der Waals surface area (Å²) < 4.78 is 6.48. The molecule has 4 rings (SSSR count). The zero-order valence-electron chi connectivity index (χ0n) is 17.9. The van der Waals surface area contributed by atoms with E-state index in [0.29, 0.717) is 31.4 Å². The molecule has 0 aliphatic carbocycles. The van der Waals surface area contributed by atoms with Crippen molar-refractivity contribution >= 4 is 28.6 Å². The number of non-ortho nitro benzene ring substituents is 1. The van der Waals surface area contributed by atoms with Crippen molar-refractivity contribution in [1.82, 2.24) is 14.8 Å². The molecule has 1 N–H and O–H groups in total. The van der Waals surface area contributed by atoms with Gasteiger partial charge in [0.05, 0.1) is 22.5 Å². The fraction of sp³-hybridized carbons (Fsp3) is 0.348. The van der Waals surface area contributed by atoms with Crippen molar-refractivity contribution in [2.24, 2.45) is 0 Å². The Hall–Kier alpha value is -3.95. The zero-order valence-corrected chi connectivity index (χ0v) is 17.9. The summed E-state index contributed by atoms with van der Waals surface area (Å²) in [6.07, 6.45) is 1.90. The van der Waals surface area contributed by atoms with Gasteiger partial charge < -0.3 is 14.6 Å². The number of carbonyl (C=O) groups excluding carboxylic acids is 2. The number of aromatic nitrogens is 1. The van der Waals surface area contributed by atoms with E-state index in [1.165, 1.54) is 22.8 Å². The quantitative estimate of drug-likeness (QED) is 0.393. The van der Waals surface area contributed by atoms with Crippen LogP contribution in [0.25, 0.3) is 11.1 Å². The third-order valence-electron chi connectivity index (χ3n) is 5.76. The number of fused-ring (bicyclic) bond motifs is 1. The van der Waals surface area contributed by atoms with Crippen molar-refractivity contribution in [3.05, 3.63) is 74.8 Å². The topological polar surface area (TPSA) is 128 Å². The van der Waals surface area contributed by atoms with Gasteiger partial charge >= 0.3 is 5.76 Å². The van der Waals surface area contributed by atoms with Crippen LogP contribution in [0.1, 0.15) is 37.3 Å². The van der Waals surface area contributed by atoms with E-state index in [0.717, 1.165) is 12.0 Å². The van der Waals surface area contributed by atoms with Crippen molar-refractivity contribution in [2.45, 2.75) is 38.3 Å². The number of amides is 2. The van der Waals surface area contributed by atoms with E-state index in [9.17, 15) is 24.5 Å². The molecule has 1 aromatic heterocycles. The van der Waals surface area contributed by atoms with Crippen LogP contribution in [0.4, 0.5) is 5.69 Å². The average molecular weight is 452 g/mol. The second-order valence-electron chi connectivity index (χ2n) is 8.01. The van der Waals surface area contributed by atoms with Gasteiger partial charge in [-0.15, -0.1) is 0 Å². The van der Waals surface area contributed by atoms with Crippen LogP contribution in [-0.2, 0) is 16.1 Å². The van der Waals surface area contributed by atoms with E-state index in [2.05, 4.69) is 5.32 Å². The maximum atomic E-state index is 12.7. The molecule has 0 saturated carbocycles. The van der Waals surface area contributed by atoms with Gasteiger partial charge in [0.15, 0.2) is 5.58 Å². The van der Waals surface area contributed by atoms with E-state index >= 15 is 0 Å². The van der Waals surface area contributed by atoms with E-state index in [-0.39, 0.29) is 42.1 Å². The molecular weight excluding hydrogens is 428 g/mol. The number of nitro groups is 1. The molecule has 10 heteroatoms. The van der Waals surface area contributed by atoms with E-state index in [4.69, 9.17) is 4.42 Å². The van der Waals surface area contributed by atoms with Crippen molar-refractivity contribution in [1.29, 1.82) is 0 Å². The molecule has 1 aliphatic rings. The van der Waals surface area contributed by atoms with Crippen molar-refractivity contribution in [3.63, 3.8) is 0 Å². The highest BCUT2D eigenvalue weighted by molar-refractivity contribution is 5.79. The van der Waals surface area contributed by atoms with Gasteiger partial charge in [0, 0.05) is 38.5 Å². The van der Waals surface area contributed by atoms with E-state index in [1.807, 2.05) is 30.3 Å². The van der Waals surface area contributed by atoms with E-state index < -0.39 is 10.7 Å². The molecule has 3 aromatic rings. The molecule has 33 heavy (non-hydrogen) atoms. The van der Waals surface area contributed by atoms with Crippen LogP contribution in [0.2, 0.25) is 0 Å². The number of hydrogen-bond acceptors (Lipinski definition) is 6. The highest BCUT2D eigenvalue weighted by Crippen LogP contribution is 2.21. The number of rotatable bonds is 9. The van der Waals surface area contributed by atoms with Crippen LogP contribution >= 0.6 is 0 Å². The Morgan fingerprint density at radius 3 is 2.67 bits per heavy atom. The van der Waals surface area contributed by atoms with Crippen LogP contribution in [0.15, 0.2) is 57.7 Å². The minimum absolute atomic E-state index is 0.0941. The Balaban J connectivity index is 1.39. The van der Waals surface area contributed by atoms with Crippen LogP contribution in [0.3, 0.4) is 0 Å². The van der Waals surface area contributed by atoms with Crippen molar-refractivity contribution in [3.8, 4) is 0 Å². The molecule has 2 aromatic carbocycles. The zero-order chi connectivity index (χ0) is 23.4. The Morgan fingerprint density at radius 2 is 1.97 bits per heavy atom. The average Bonchev–Trinajstić information content (AvgIpc) is 3.35. The molecule has 1 atom stereocenters. The van der Waals surface area contributed by atoms with Crippen LogP contribution in [0, 0.1) is 10.1 Å². The standard InChI is InChI=1S/C23H24N4O6/c28-21(24-18(16-6-2-1-3-7-16)15-25-12-5-9-22(25)29)8-4-13-26-19-11-10-17(27(31)32)14-20(19)33-23(26)30/h1-3,6-7,10-11,14,18H,4-5,8-9,12-13,15H2,(H,24,28). The number of nitro benzene ring substituents is 1. The van der Waals surface area contributed by atoms with Gasteiger partial charge in [0.1, 0.15) is 0 Å². The number of nitrogens with one attached hydrogen (secondary N) is 1. The Kier molecular flexibility index (Phi) is 6.53. The van der Waals surface area contributed by atoms with Gasteiger partial charge in [-0.25, -0.2) is 4.79 Å². The number of nitrogens with zero attached hydrogens (tertiary/aromatic N) is 3. The maximum Gasteiger partial charge on any atom is 0.419 e. The monoisotopic (exact) mass is 452 g/mol. The highest BCUT2D eigenvalue weighted by Gasteiger charge is 2.25. The summed E-state index contributed by atoms with van der Waals surface area (Å²) in [5.74, 6) is -0.718. The summed E-state index contributed by atoms with van der Waals surface area (Å²) in [5.41, 5.74) is 1.34. The minimum Gasteiger partial charge on any atom is -0.407 e. The van der Waals surface area contributed by atoms with Crippen molar-refractivity contribution < 1.29 is 18.9 Å². The first kappa shape index (κ1) is 22.3. The van der Waals surface area contributed by atoms with Crippen LogP contribution in [-0.4, -0.2) is 39.3 Å². The Bertz CT molecular complexity index is 1230. The normalized spacial score (nSPS) is 14.5. The molecule has 172 valence electrons.